The topological polar surface area (TPSA) is 75.7 Å². The molecule has 1 atom stereocenters. The summed E-state index contributed by atoms with van der Waals surface area (Å²) >= 11 is 0. The average molecular weight is 449 g/mol. The molecule has 2 aromatic rings. The molecule has 0 unspecified atom stereocenters. The Balaban J connectivity index is 1.77. The van der Waals surface area contributed by atoms with Gasteiger partial charge in [0, 0.05) is 6.04 Å². The minimum absolute atomic E-state index is 0.00419. The molecule has 0 aliphatic heterocycles. The lowest BCUT2D eigenvalue weighted by Crippen LogP contribution is -2.47. The number of nitrogens with one attached hydrogen (secondary N) is 1. The summed E-state index contributed by atoms with van der Waals surface area (Å²) in [5, 5.41) is 2.89. The molecule has 0 saturated heterocycles. The van der Waals surface area contributed by atoms with Crippen molar-refractivity contribution in [3.63, 3.8) is 0 Å². The van der Waals surface area contributed by atoms with Crippen LogP contribution in [0.25, 0.3) is 0 Å². The van der Waals surface area contributed by atoms with Crippen LogP contribution in [0.5, 0.6) is 5.75 Å². The molecular formula is C23H29FN2O4S. The van der Waals surface area contributed by atoms with E-state index in [0.29, 0.717) is 12.8 Å². The lowest BCUT2D eigenvalue weighted by molar-refractivity contribution is -0.122. The molecule has 0 radical (unpaired) electrons. The van der Waals surface area contributed by atoms with Crippen LogP contribution in [-0.2, 0) is 14.8 Å². The van der Waals surface area contributed by atoms with Crippen LogP contribution in [-0.4, -0.2) is 38.3 Å². The number of ether oxygens (including phenoxy) is 1. The zero-order valence-electron chi connectivity index (χ0n) is 17.9. The van der Waals surface area contributed by atoms with Crippen molar-refractivity contribution in [3.05, 3.63) is 59.9 Å². The standard InChI is InChI=1S/C23H29FN2O4S/c1-17(18-8-12-21(30-2)13-9-18)25-23(27)16-26(20-6-4-3-5-7-20)31(28,29)22-14-10-19(24)11-15-22/h8-15,17,20H,3-7,16H2,1-2H3,(H,25,27)/t17-/m0/s1. The van der Waals surface area contributed by atoms with E-state index in [4.69, 9.17) is 4.74 Å². The summed E-state index contributed by atoms with van der Waals surface area (Å²) in [6.07, 6.45) is 4.32. The molecule has 0 heterocycles. The minimum atomic E-state index is -3.93. The van der Waals surface area contributed by atoms with Crippen LogP contribution in [0.4, 0.5) is 4.39 Å². The van der Waals surface area contributed by atoms with E-state index in [-0.39, 0.29) is 29.4 Å². The Morgan fingerprint density at radius 3 is 2.29 bits per heavy atom. The van der Waals surface area contributed by atoms with Crippen molar-refractivity contribution in [2.45, 2.75) is 56.0 Å². The first-order chi connectivity index (χ1) is 14.8. The van der Waals surface area contributed by atoms with Crippen LogP contribution in [0.1, 0.15) is 50.6 Å². The van der Waals surface area contributed by atoms with Crippen LogP contribution in [0.15, 0.2) is 53.4 Å². The third kappa shape index (κ3) is 5.83. The summed E-state index contributed by atoms with van der Waals surface area (Å²) in [4.78, 5) is 12.8. The fraction of sp³-hybridized carbons (Fsp3) is 0.435. The monoisotopic (exact) mass is 448 g/mol. The highest BCUT2D eigenvalue weighted by Crippen LogP contribution is 2.28. The first-order valence-corrected chi connectivity index (χ1v) is 12.0. The second-order valence-corrected chi connectivity index (χ2v) is 9.75. The number of hydrogen-bond donors (Lipinski definition) is 1. The molecule has 31 heavy (non-hydrogen) atoms. The van der Waals surface area contributed by atoms with Crippen molar-refractivity contribution in [2.24, 2.45) is 0 Å². The van der Waals surface area contributed by atoms with E-state index in [0.717, 1.165) is 42.7 Å². The van der Waals surface area contributed by atoms with E-state index in [9.17, 15) is 17.6 Å². The van der Waals surface area contributed by atoms with Gasteiger partial charge in [0.1, 0.15) is 11.6 Å². The molecule has 2 aromatic carbocycles. The first-order valence-electron chi connectivity index (χ1n) is 10.5. The van der Waals surface area contributed by atoms with Gasteiger partial charge in [-0.3, -0.25) is 4.79 Å². The number of hydrogen-bond acceptors (Lipinski definition) is 4. The van der Waals surface area contributed by atoms with Crippen LogP contribution >= 0.6 is 0 Å². The zero-order valence-corrected chi connectivity index (χ0v) is 18.7. The predicted molar refractivity (Wildman–Crippen MR) is 117 cm³/mol. The van der Waals surface area contributed by atoms with Crippen molar-refractivity contribution in [3.8, 4) is 5.75 Å². The van der Waals surface area contributed by atoms with Gasteiger partial charge in [-0.15, -0.1) is 0 Å². The predicted octanol–water partition coefficient (Wildman–Crippen LogP) is 4.04. The lowest BCUT2D eigenvalue weighted by atomic mass is 9.95. The summed E-state index contributed by atoms with van der Waals surface area (Å²) in [5.74, 6) is -0.162. The van der Waals surface area contributed by atoms with Crippen LogP contribution in [0.3, 0.4) is 0 Å². The van der Waals surface area contributed by atoms with E-state index in [1.807, 2.05) is 31.2 Å². The van der Waals surface area contributed by atoms with E-state index in [2.05, 4.69) is 5.32 Å². The van der Waals surface area contributed by atoms with Crippen LogP contribution in [0, 0.1) is 5.82 Å². The van der Waals surface area contributed by atoms with Gasteiger partial charge in [-0.05, 0) is 61.7 Å². The number of nitrogens with zero attached hydrogens (tertiary/aromatic N) is 1. The van der Waals surface area contributed by atoms with Gasteiger partial charge < -0.3 is 10.1 Å². The number of carbonyl (C=O) groups is 1. The van der Waals surface area contributed by atoms with Gasteiger partial charge in [0.15, 0.2) is 0 Å². The molecule has 0 aromatic heterocycles. The zero-order chi connectivity index (χ0) is 22.4. The molecule has 3 rings (SSSR count). The molecule has 0 spiro atoms. The number of carbonyl (C=O) groups excluding carboxylic acids is 1. The number of halogens is 1. The Kier molecular flexibility index (Phi) is 7.67. The Morgan fingerprint density at radius 1 is 1.10 bits per heavy atom. The fourth-order valence-corrected chi connectivity index (χ4v) is 5.57. The highest BCUT2D eigenvalue weighted by atomic mass is 32.2. The second kappa shape index (κ2) is 10.2. The van der Waals surface area contributed by atoms with E-state index >= 15 is 0 Å². The summed E-state index contributed by atoms with van der Waals surface area (Å²) < 4.78 is 46.4. The number of methoxy groups -OCH3 is 1. The molecule has 1 aliphatic rings. The number of rotatable bonds is 8. The Hall–Kier alpha value is -2.45. The Labute approximate surface area is 183 Å². The quantitative estimate of drug-likeness (QED) is 0.661. The van der Waals surface area contributed by atoms with Crippen molar-refractivity contribution in [1.82, 2.24) is 9.62 Å². The average Bonchev–Trinajstić information content (AvgIpc) is 2.78. The fourth-order valence-electron chi connectivity index (χ4n) is 3.93. The SMILES string of the molecule is COc1ccc([C@H](C)NC(=O)CN(C2CCCCC2)S(=O)(=O)c2ccc(F)cc2)cc1. The van der Waals surface area contributed by atoms with Crippen molar-refractivity contribution in [1.29, 1.82) is 0 Å². The maximum absolute atomic E-state index is 13.3. The lowest BCUT2D eigenvalue weighted by Gasteiger charge is -2.33. The highest BCUT2D eigenvalue weighted by Gasteiger charge is 2.34. The van der Waals surface area contributed by atoms with Gasteiger partial charge >= 0.3 is 0 Å². The molecule has 1 saturated carbocycles. The number of sulfonamides is 1. The van der Waals surface area contributed by atoms with Gasteiger partial charge in [-0.2, -0.15) is 4.31 Å². The molecule has 1 fully saturated rings. The minimum Gasteiger partial charge on any atom is -0.497 e. The largest absolute Gasteiger partial charge is 0.497 e. The van der Waals surface area contributed by atoms with Crippen molar-refractivity contribution < 1.29 is 22.3 Å². The molecule has 1 amide bonds. The van der Waals surface area contributed by atoms with E-state index in [1.54, 1.807) is 7.11 Å². The van der Waals surface area contributed by atoms with Gasteiger partial charge in [-0.25, -0.2) is 12.8 Å². The van der Waals surface area contributed by atoms with Crippen LogP contribution in [0.2, 0.25) is 0 Å². The molecule has 0 bridgehead atoms. The molecule has 168 valence electrons. The van der Waals surface area contributed by atoms with Gasteiger partial charge in [-0.1, -0.05) is 31.4 Å². The van der Waals surface area contributed by atoms with Crippen molar-refractivity contribution >= 4 is 15.9 Å². The van der Waals surface area contributed by atoms with Gasteiger partial charge in [0.25, 0.3) is 0 Å². The molecule has 6 nitrogen and oxygen atoms in total. The Bertz CT molecular complexity index is 972. The van der Waals surface area contributed by atoms with Gasteiger partial charge in [0.2, 0.25) is 15.9 Å². The summed E-state index contributed by atoms with van der Waals surface area (Å²) in [7, 11) is -2.35. The first kappa shape index (κ1) is 23.2. The normalized spacial score (nSPS) is 16.1. The Morgan fingerprint density at radius 2 is 1.71 bits per heavy atom. The number of amides is 1. The number of benzene rings is 2. The maximum Gasteiger partial charge on any atom is 0.243 e. The van der Waals surface area contributed by atoms with Crippen LogP contribution < -0.4 is 10.1 Å². The summed E-state index contributed by atoms with van der Waals surface area (Å²) in [6, 6.07) is 11.5. The van der Waals surface area contributed by atoms with Gasteiger partial charge in [0.05, 0.1) is 24.6 Å². The molecular weight excluding hydrogens is 419 g/mol. The van der Waals surface area contributed by atoms with E-state index in [1.165, 1.54) is 16.4 Å². The van der Waals surface area contributed by atoms with Crippen molar-refractivity contribution in [2.75, 3.05) is 13.7 Å². The summed E-state index contributed by atoms with van der Waals surface area (Å²) in [5.41, 5.74) is 0.889. The third-order valence-corrected chi connectivity index (χ3v) is 7.61. The smallest absolute Gasteiger partial charge is 0.243 e. The molecule has 1 N–H and O–H groups in total. The molecule has 8 heteroatoms. The maximum atomic E-state index is 13.3. The van der Waals surface area contributed by atoms with E-state index < -0.39 is 15.8 Å². The third-order valence-electron chi connectivity index (χ3n) is 5.69. The summed E-state index contributed by atoms with van der Waals surface area (Å²) in [6.45, 7) is 1.57. The highest BCUT2D eigenvalue weighted by molar-refractivity contribution is 7.89. The molecule has 1 aliphatic carbocycles. The second-order valence-electron chi connectivity index (χ2n) is 7.86.